The molecule has 1 saturated carbocycles. The molecule has 0 spiro atoms. The number of ether oxygens (including phenoxy) is 1. The van der Waals surface area contributed by atoms with E-state index in [0.717, 1.165) is 18.9 Å². The van der Waals surface area contributed by atoms with Crippen molar-refractivity contribution in [3.05, 3.63) is 23.8 Å². The molecule has 92 valence electrons. The zero-order valence-electron chi connectivity index (χ0n) is 10.6. The lowest BCUT2D eigenvalue weighted by molar-refractivity contribution is 0.311. The van der Waals surface area contributed by atoms with Gasteiger partial charge in [-0.05, 0) is 37.5 Å². The Kier molecular flexibility index (Phi) is 2.33. The molecule has 1 fully saturated rings. The Balaban J connectivity index is 2.01. The van der Waals surface area contributed by atoms with E-state index in [-0.39, 0.29) is 11.5 Å². The van der Waals surface area contributed by atoms with Gasteiger partial charge in [-0.2, -0.15) is 0 Å². The normalized spacial score (nSPS) is 22.6. The molecule has 1 aromatic carbocycles. The highest BCUT2D eigenvalue weighted by molar-refractivity contribution is 5.62. The molecule has 17 heavy (non-hydrogen) atoms. The van der Waals surface area contributed by atoms with Crippen molar-refractivity contribution in [1.29, 1.82) is 0 Å². The molecular weight excluding hydrogens is 212 g/mol. The Hall–Kier alpha value is -1.22. The first-order chi connectivity index (χ1) is 8.13. The van der Waals surface area contributed by atoms with Gasteiger partial charge in [0.2, 0.25) is 0 Å². The number of fused-ring (bicyclic) bond motifs is 1. The van der Waals surface area contributed by atoms with Crippen LogP contribution in [0.2, 0.25) is 0 Å². The standard InChI is InChI=1S/C14H20N2O/c1-10(15)14(5-6-14)11-3-4-13-12(9-11)16(2)7-8-17-13/h3-4,9-10H,5-8,15H2,1-2H3. The minimum atomic E-state index is 0.229. The van der Waals surface area contributed by atoms with Crippen molar-refractivity contribution in [2.45, 2.75) is 31.2 Å². The molecule has 0 aromatic heterocycles. The quantitative estimate of drug-likeness (QED) is 0.846. The lowest BCUT2D eigenvalue weighted by atomic mass is 9.89. The molecule has 1 atom stereocenters. The average molecular weight is 232 g/mol. The van der Waals surface area contributed by atoms with Crippen LogP contribution in [0, 0.1) is 0 Å². The molecule has 3 nitrogen and oxygen atoms in total. The van der Waals surface area contributed by atoms with Gasteiger partial charge in [-0.25, -0.2) is 0 Å². The van der Waals surface area contributed by atoms with Crippen LogP contribution < -0.4 is 15.4 Å². The van der Waals surface area contributed by atoms with Crippen molar-refractivity contribution >= 4 is 5.69 Å². The molecule has 0 radical (unpaired) electrons. The van der Waals surface area contributed by atoms with Crippen LogP contribution in [0.4, 0.5) is 5.69 Å². The predicted octanol–water partition coefficient (Wildman–Crippen LogP) is 1.89. The summed E-state index contributed by atoms with van der Waals surface area (Å²) in [5.74, 6) is 1.00. The first kappa shape index (κ1) is 10.9. The molecule has 0 amide bonds. The molecule has 0 bridgehead atoms. The Morgan fingerprint density at radius 3 is 2.82 bits per heavy atom. The van der Waals surface area contributed by atoms with Gasteiger partial charge < -0.3 is 15.4 Å². The summed E-state index contributed by atoms with van der Waals surface area (Å²) in [6.07, 6.45) is 2.43. The van der Waals surface area contributed by atoms with Gasteiger partial charge in [0, 0.05) is 18.5 Å². The molecule has 1 aromatic rings. The molecule has 1 aliphatic heterocycles. The third-order valence-electron chi connectivity index (χ3n) is 4.29. The van der Waals surface area contributed by atoms with Crippen molar-refractivity contribution in [2.24, 2.45) is 5.73 Å². The van der Waals surface area contributed by atoms with Gasteiger partial charge in [-0.1, -0.05) is 6.07 Å². The zero-order chi connectivity index (χ0) is 12.0. The number of hydrogen-bond donors (Lipinski definition) is 1. The molecule has 1 aliphatic carbocycles. The summed E-state index contributed by atoms with van der Waals surface area (Å²) < 4.78 is 5.67. The predicted molar refractivity (Wildman–Crippen MR) is 69.8 cm³/mol. The topological polar surface area (TPSA) is 38.5 Å². The van der Waals surface area contributed by atoms with E-state index in [1.807, 2.05) is 0 Å². The Morgan fingerprint density at radius 2 is 2.18 bits per heavy atom. The summed E-state index contributed by atoms with van der Waals surface area (Å²) in [6, 6.07) is 6.79. The number of likely N-dealkylation sites (N-methyl/N-ethyl adjacent to an activating group) is 1. The van der Waals surface area contributed by atoms with Crippen LogP contribution in [0.15, 0.2) is 18.2 Å². The van der Waals surface area contributed by atoms with Crippen molar-refractivity contribution in [3.63, 3.8) is 0 Å². The van der Waals surface area contributed by atoms with Crippen LogP contribution >= 0.6 is 0 Å². The lowest BCUT2D eigenvalue weighted by Gasteiger charge is -2.30. The summed E-state index contributed by atoms with van der Waals surface area (Å²) in [4.78, 5) is 2.26. The number of anilines is 1. The molecule has 2 N–H and O–H groups in total. The van der Waals surface area contributed by atoms with Crippen molar-refractivity contribution in [1.82, 2.24) is 0 Å². The van der Waals surface area contributed by atoms with E-state index < -0.39 is 0 Å². The minimum Gasteiger partial charge on any atom is -0.490 e. The molecule has 2 aliphatic rings. The summed E-state index contributed by atoms with van der Waals surface area (Å²) in [6.45, 7) is 3.86. The second-order valence-electron chi connectivity index (χ2n) is 5.40. The molecule has 0 saturated heterocycles. The lowest BCUT2D eigenvalue weighted by Crippen LogP contribution is -2.33. The maximum atomic E-state index is 6.13. The second kappa shape index (κ2) is 3.64. The fraction of sp³-hybridized carbons (Fsp3) is 0.571. The van der Waals surface area contributed by atoms with E-state index in [0.29, 0.717) is 0 Å². The second-order valence-corrected chi connectivity index (χ2v) is 5.40. The van der Waals surface area contributed by atoms with Gasteiger partial charge in [-0.3, -0.25) is 0 Å². The summed E-state index contributed by atoms with van der Waals surface area (Å²) in [5, 5.41) is 0. The minimum absolute atomic E-state index is 0.229. The van der Waals surface area contributed by atoms with Crippen LogP contribution in [-0.2, 0) is 5.41 Å². The van der Waals surface area contributed by atoms with Crippen LogP contribution in [-0.4, -0.2) is 26.2 Å². The summed E-state index contributed by atoms with van der Waals surface area (Å²) in [5.41, 5.74) is 8.95. The monoisotopic (exact) mass is 232 g/mol. The van der Waals surface area contributed by atoms with E-state index >= 15 is 0 Å². The molecule has 1 unspecified atom stereocenters. The fourth-order valence-electron chi connectivity index (χ4n) is 2.80. The van der Waals surface area contributed by atoms with E-state index in [1.165, 1.54) is 24.1 Å². The average Bonchev–Trinajstić information content (AvgIpc) is 3.10. The maximum Gasteiger partial charge on any atom is 0.142 e. The van der Waals surface area contributed by atoms with Crippen molar-refractivity contribution in [2.75, 3.05) is 25.1 Å². The third-order valence-corrected chi connectivity index (χ3v) is 4.29. The number of hydrogen-bond acceptors (Lipinski definition) is 3. The van der Waals surface area contributed by atoms with Crippen LogP contribution in [0.3, 0.4) is 0 Å². The smallest absolute Gasteiger partial charge is 0.142 e. The number of rotatable bonds is 2. The molecular formula is C14H20N2O. The van der Waals surface area contributed by atoms with Gasteiger partial charge in [-0.15, -0.1) is 0 Å². The van der Waals surface area contributed by atoms with E-state index in [9.17, 15) is 0 Å². The van der Waals surface area contributed by atoms with Crippen LogP contribution in [0.25, 0.3) is 0 Å². The fourth-order valence-corrected chi connectivity index (χ4v) is 2.80. The first-order valence-corrected chi connectivity index (χ1v) is 6.37. The SMILES string of the molecule is CC(N)C1(c2ccc3c(c2)N(C)CCO3)CC1. The van der Waals surface area contributed by atoms with E-state index in [2.05, 4.69) is 37.1 Å². The maximum absolute atomic E-state index is 6.13. The van der Waals surface area contributed by atoms with Gasteiger partial charge in [0.1, 0.15) is 12.4 Å². The van der Waals surface area contributed by atoms with Gasteiger partial charge in [0.05, 0.1) is 12.2 Å². The highest BCUT2D eigenvalue weighted by Crippen LogP contribution is 2.51. The largest absolute Gasteiger partial charge is 0.490 e. The first-order valence-electron chi connectivity index (χ1n) is 6.37. The number of benzene rings is 1. The Morgan fingerprint density at radius 1 is 1.41 bits per heavy atom. The molecule has 1 heterocycles. The van der Waals surface area contributed by atoms with E-state index in [1.54, 1.807) is 0 Å². The highest BCUT2D eigenvalue weighted by atomic mass is 16.5. The van der Waals surface area contributed by atoms with Crippen LogP contribution in [0.1, 0.15) is 25.3 Å². The summed E-state index contributed by atoms with van der Waals surface area (Å²) >= 11 is 0. The Bertz CT molecular complexity index is 438. The van der Waals surface area contributed by atoms with Gasteiger partial charge in [0.25, 0.3) is 0 Å². The zero-order valence-corrected chi connectivity index (χ0v) is 10.6. The molecule has 3 heteroatoms. The number of nitrogens with zero attached hydrogens (tertiary/aromatic N) is 1. The highest BCUT2D eigenvalue weighted by Gasteiger charge is 2.47. The van der Waals surface area contributed by atoms with Gasteiger partial charge >= 0.3 is 0 Å². The number of nitrogens with two attached hydrogens (primary N) is 1. The summed E-state index contributed by atoms with van der Waals surface area (Å²) in [7, 11) is 2.12. The molecule has 3 rings (SSSR count). The van der Waals surface area contributed by atoms with Crippen molar-refractivity contribution < 1.29 is 4.74 Å². The van der Waals surface area contributed by atoms with Gasteiger partial charge in [0.15, 0.2) is 0 Å². The Labute approximate surface area is 103 Å². The van der Waals surface area contributed by atoms with Crippen molar-refractivity contribution in [3.8, 4) is 5.75 Å². The van der Waals surface area contributed by atoms with Crippen LogP contribution in [0.5, 0.6) is 5.75 Å². The third kappa shape index (κ3) is 1.61. The van der Waals surface area contributed by atoms with E-state index in [4.69, 9.17) is 10.5 Å².